The number of ether oxygens (including phenoxy) is 1. The third kappa shape index (κ3) is 8.84. The molecule has 2 aliphatic rings. The summed E-state index contributed by atoms with van der Waals surface area (Å²) in [6, 6.07) is 0.550. The van der Waals surface area contributed by atoms with E-state index < -0.39 is 17.5 Å². The van der Waals surface area contributed by atoms with Crippen molar-refractivity contribution in [3.63, 3.8) is 0 Å². The van der Waals surface area contributed by atoms with Gasteiger partial charge in [-0.25, -0.2) is 14.4 Å². The van der Waals surface area contributed by atoms with E-state index in [1.807, 2.05) is 25.7 Å². The molecule has 148 valence electrons. The number of carbonyl (C=O) groups excluding carboxylic acids is 1. The first kappa shape index (κ1) is 22.0. The lowest BCUT2D eigenvalue weighted by Gasteiger charge is -2.38. The molecule has 26 heavy (non-hydrogen) atoms. The molecule has 1 unspecified atom stereocenters. The monoisotopic (exact) mass is 370 g/mol. The highest BCUT2D eigenvalue weighted by molar-refractivity contribution is 5.89. The van der Waals surface area contributed by atoms with E-state index in [1.54, 1.807) is 0 Å². The number of likely N-dealkylation sites (tertiary alicyclic amines) is 2. The van der Waals surface area contributed by atoms with Crippen LogP contribution in [0.15, 0.2) is 12.2 Å². The fourth-order valence-electron chi connectivity index (χ4n) is 2.99. The maximum absolute atomic E-state index is 12.1. The number of nitrogens with zero attached hydrogens (tertiary/aromatic N) is 2. The van der Waals surface area contributed by atoms with Gasteiger partial charge in [0, 0.05) is 31.3 Å². The Kier molecular flexibility index (Phi) is 8.57. The number of carbonyl (C=O) groups is 3. The Morgan fingerprint density at radius 3 is 1.96 bits per heavy atom. The molecule has 0 spiro atoms. The SMILES string of the molecule is CC(C)(C)OC(=O)N1CCCC(N2CCCC2)C1.O=C(O)/C=C/C(=O)O. The zero-order valence-electron chi connectivity index (χ0n) is 15.8. The minimum absolute atomic E-state index is 0.147. The van der Waals surface area contributed by atoms with E-state index in [-0.39, 0.29) is 6.09 Å². The van der Waals surface area contributed by atoms with Crippen LogP contribution < -0.4 is 0 Å². The third-order valence-corrected chi connectivity index (χ3v) is 4.07. The highest BCUT2D eigenvalue weighted by atomic mass is 16.6. The molecular weight excluding hydrogens is 340 g/mol. The summed E-state index contributed by atoms with van der Waals surface area (Å²) >= 11 is 0. The van der Waals surface area contributed by atoms with Gasteiger partial charge in [0.25, 0.3) is 0 Å². The van der Waals surface area contributed by atoms with Crippen molar-refractivity contribution in [2.45, 2.75) is 58.1 Å². The highest BCUT2D eigenvalue weighted by Crippen LogP contribution is 2.21. The van der Waals surface area contributed by atoms with Crippen LogP contribution in [0.1, 0.15) is 46.5 Å². The maximum atomic E-state index is 12.1. The third-order valence-electron chi connectivity index (χ3n) is 4.07. The van der Waals surface area contributed by atoms with Gasteiger partial charge in [-0.3, -0.25) is 4.90 Å². The van der Waals surface area contributed by atoms with Crippen molar-refractivity contribution < 1.29 is 29.3 Å². The van der Waals surface area contributed by atoms with Crippen molar-refractivity contribution >= 4 is 18.0 Å². The topological polar surface area (TPSA) is 107 Å². The van der Waals surface area contributed by atoms with Gasteiger partial charge in [-0.2, -0.15) is 0 Å². The quantitative estimate of drug-likeness (QED) is 0.733. The van der Waals surface area contributed by atoms with Crippen molar-refractivity contribution in [1.29, 1.82) is 0 Å². The lowest BCUT2D eigenvalue weighted by atomic mass is 10.0. The predicted octanol–water partition coefficient (Wildman–Crippen LogP) is 2.19. The van der Waals surface area contributed by atoms with E-state index in [1.165, 1.54) is 32.4 Å². The lowest BCUT2D eigenvalue weighted by molar-refractivity contribution is -0.134. The first-order valence-electron chi connectivity index (χ1n) is 8.94. The number of rotatable bonds is 3. The van der Waals surface area contributed by atoms with Gasteiger partial charge in [-0.1, -0.05) is 0 Å². The average molecular weight is 370 g/mol. The Labute approximate surface area is 154 Å². The van der Waals surface area contributed by atoms with Crippen molar-refractivity contribution in [1.82, 2.24) is 9.80 Å². The van der Waals surface area contributed by atoms with Crippen LogP contribution in [0.2, 0.25) is 0 Å². The Balaban J connectivity index is 0.000000359. The molecule has 2 heterocycles. The second-order valence-electron chi connectivity index (χ2n) is 7.48. The zero-order chi connectivity index (χ0) is 19.7. The molecular formula is C18H30N2O6. The predicted molar refractivity (Wildman–Crippen MR) is 96.0 cm³/mol. The minimum atomic E-state index is -1.26. The minimum Gasteiger partial charge on any atom is -0.478 e. The second-order valence-corrected chi connectivity index (χ2v) is 7.48. The molecule has 0 aliphatic carbocycles. The number of carboxylic acids is 2. The van der Waals surface area contributed by atoms with Gasteiger partial charge in [0.1, 0.15) is 5.60 Å². The Hall–Kier alpha value is -2.09. The summed E-state index contributed by atoms with van der Waals surface area (Å²) in [6.07, 6.45) is 5.90. The molecule has 2 fully saturated rings. The lowest BCUT2D eigenvalue weighted by Crippen LogP contribution is -2.50. The molecule has 8 heteroatoms. The van der Waals surface area contributed by atoms with Gasteiger partial charge in [-0.15, -0.1) is 0 Å². The highest BCUT2D eigenvalue weighted by Gasteiger charge is 2.31. The van der Waals surface area contributed by atoms with Crippen LogP contribution in [0.5, 0.6) is 0 Å². The van der Waals surface area contributed by atoms with Crippen LogP contribution in [-0.4, -0.2) is 75.9 Å². The largest absolute Gasteiger partial charge is 0.478 e. The average Bonchev–Trinajstić information content (AvgIpc) is 3.06. The van der Waals surface area contributed by atoms with Crippen LogP contribution in [0.4, 0.5) is 4.79 Å². The number of hydrogen-bond acceptors (Lipinski definition) is 5. The number of amides is 1. The van der Waals surface area contributed by atoms with E-state index in [9.17, 15) is 14.4 Å². The molecule has 2 saturated heterocycles. The van der Waals surface area contributed by atoms with Crippen molar-refractivity contribution in [2.24, 2.45) is 0 Å². The molecule has 2 rings (SSSR count). The number of carboxylic acid groups (broad SMARTS) is 2. The van der Waals surface area contributed by atoms with Gasteiger partial charge in [0.2, 0.25) is 0 Å². The summed E-state index contributed by atoms with van der Waals surface area (Å²) in [4.78, 5) is 35.6. The summed E-state index contributed by atoms with van der Waals surface area (Å²) in [5.74, 6) is -2.51. The fourth-order valence-corrected chi connectivity index (χ4v) is 2.99. The summed E-state index contributed by atoms with van der Waals surface area (Å²) < 4.78 is 5.46. The van der Waals surface area contributed by atoms with Crippen molar-refractivity contribution in [2.75, 3.05) is 26.2 Å². The second kappa shape index (κ2) is 10.2. The fraction of sp³-hybridized carbons (Fsp3) is 0.722. The van der Waals surface area contributed by atoms with Gasteiger partial charge in [0.15, 0.2) is 0 Å². The zero-order valence-corrected chi connectivity index (χ0v) is 15.8. The Morgan fingerprint density at radius 2 is 1.50 bits per heavy atom. The molecule has 2 aliphatic heterocycles. The Bertz CT molecular complexity index is 504. The summed E-state index contributed by atoms with van der Waals surface area (Å²) in [5, 5.41) is 15.6. The molecule has 0 saturated carbocycles. The molecule has 0 bridgehead atoms. The normalized spacial score (nSPS) is 21.2. The van der Waals surface area contributed by atoms with E-state index in [4.69, 9.17) is 14.9 Å². The molecule has 0 radical (unpaired) electrons. The van der Waals surface area contributed by atoms with Gasteiger partial charge in [-0.05, 0) is 59.5 Å². The maximum Gasteiger partial charge on any atom is 0.410 e. The molecule has 1 amide bonds. The van der Waals surface area contributed by atoms with E-state index in [0.717, 1.165) is 19.5 Å². The number of piperidine rings is 1. The smallest absolute Gasteiger partial charge is 0.410 e. The van der Waals surface area contributed by atoms with Crippen LogP contribution in [0.3, 0.4) is 0 Å². The first-order chi connectivity index (χ1) is 12.1. The first-order valence-corrected chi connectivity index (χ1v) is 8.94. The van der Waals surface area contributed by atoms with Crippen molar-refractivity contribution in [3.05, 3.63) is 12.2 Å². The van der Waals surface area contributed by atoms with E-state index in [2.05, 4.69) is 4.90 Å². The summed E-state index contributed by atoms with van der Waals surface area (Å²) in [5.41, 5.74) is -0.391. The van der Waals surface area contributed by atoms with Crippen LogP contribution in [0, 0.1) is 0 Å². The van der Waals surface area contributed by atoms with Crippen LogP contribution >= 0.6 is 0 Å². The van der Waals surface area contributed by atoms with Crippen LogP contribution in [0.25, 0.3) is 0 Å². The number of aliphatic carboxylic acids is 2. The van der Waals surface area contributed by atoms with Gasteiger partial charge >= 0.3 is 18.0 Å². The van der Waals surface area contributed by atoms with Gasteiger partial charge in [0.05, 0.1) is 0 Å². The molecule has 0 aromatic rings. The van der Waals surface area contributed by atoms with Gasteiger partial charge < -0.3 is 19.8 Å². The van der Waals surface area contributed by atoms with E-state index >= 15 is 0 Å². The molecule has 1 atom stereocenters. The summed E-state index contributed by atoms with van der Waals surface area (Å²) in [7, 11) is 0. The molecule has 8 nitrogen and oxygen atoms in total. The molecule has 0 aromatic heterocycles. The number of hydrogen-bond donors (Lipinski definition) is 2. The Morgan fingerprint density at radius 1 is 0.962 bits per heavy atom. The van der Waals surface area contributed by atoms with E-state index in [0.29, 0.717) is 18.2 Å². The summed E-state index contributed by atoms with van der Waals surface area (Å²) in [6.45, 7) is 9.86. The molecule has 2 N–H and O–H groups in total. The van der Waals surface area contributed by atoms with Crippen LogP contribution in [-0.2, 0) is 14.3 Å². The standard InChI is InChI=1S/C14H26N2O2.C4H4O4/c1-14(2,3)18-13(17)16-10-6-7-12(11-16)15-8-4-5-9-15;5-3(6)1-2-4(7)8/h12H,4-11H2,1-3H3;1-2H,(H,5,6)(H,7,8)/b;2-1+. The van der Waals surface area contributed by atoms with Crippen molar-refractivity contribution in [3.8, 4) is 0 Å². The molecule has 0 aromatic carbocycles.